The highest BCUT2D eigenvalue weighted by Crippen LogP contribution is 2.51. The van der Waals surface area contributed by atoms with Gasteiger partial charge in [-0.15, -0.1) is 0 Å². The molecule has 1 aliphatic carbocycles. The Kier molecular flexibility index (Phi) is 2.18. The van der Waals surface area contributed by atoms with Gasteiger partial charge >= 0.3 is 0 Å². The largest absolute Gasteiger partial charge is 0.310 e. The van der Waals surface area contributed by atoms with Crippen LogP contribution in [0.2, 0.25) is 0 Å². The Balaban J connectivity index is 1.65. The minimum Gasteiger partial charge on any atom is -0.310 e. The third-order valence-electron chi connectivity index (χ3n) is 3.48. The van der Waals surface area contributed by atoms with Crippen LogP contribution in [-0.4, -0.2) is 30.2 Å². The van der Waals surface area contributed by atoms with Crippen molar-refractivity contribution in [2.24, 2.45) is 11.3 Å². The van der Waals surface area contributed by atoms with Gasteiger partial charge < -0.3 is 10.3 Å². The van der Waals surface area contributed by atoms with E-state index in [1.165, 1.54) is 25.9 Å². The van der Waals surface area contributed by atoms with Crippen molar-refractivity contribution < 1.29 is 0 Å². The molecule has 1 heterocycles. The Hall–Kier alpha value is -0.370. The van der Waals surface area contributed by atoms with Crippen molar-refractivity contribution in [1.29, 1.82) is 5.41 Å². The zero-order valence-electron chi connectivity index (χ0n) is 8.77. The highest BCUT2D eigenvalue weighted by Gasteiger charge is 2.50. The summed E-state index contributed by atoms with van der Waals surface area (Å²) in [6, 6.07) is 0. The van der Waals surface area contributed by atoms with Crippen LogP contribution in [0.1, 0.15) is 33.1 Å². The molecule has 0 aromatic carbocycles. The topological polar surface area (TPSA) is 27.1 Å². The lowest BCUT2D eigenvalue weighted by molar-refractivity contribution is -0.0875. The van der Waals surface area contributed by atoms with Gasteiger partial charge in [-0.05, 0) is 37.5 Å². The van der Waals surface area contributed by atoms with Gasteiger partial charge in [0.1, 0.15) is 0 Å². The Morgan fingerprint density at radius 3 is 2.54 bits per heavy atom. The normalized spacial score (nSPS) is 26.9. The molecule has 2 nitrogen and oxygen atoms in total. The van der Waals surface area contributed by atoms with E-state index in [1.54, 1.807) is 0 Å². The fourth-order valence-electron chi connectivity index (χ4n) is 3.06. The maximum Gasteiger partial charge on any atom is 0.00709 e. The van der Waals surface area contributed by atoms with Gasteiger partial charge in [0.2, 0.25) is 0 Å². The molecule has 2 aliphatic rings. The molecule has 1 saturated heterocycles. The average Bonchev–Trinajstić information content (AvgIpc) is 1.90. The van der Waals surface area contributed by atoms with E-state index in [1.807, 2.05) is 6.92 Å². The zero-order chi connectivity index (χ0) is 9.47. The molecule has 0 unspecified atom stereocenters. The van der Waals surface area contributed by atoms with E-state index in [0.717, 1.165) is 30.0 Å². The van der Waals surface area contributed by atoms with Crippen LogP contribution in [0.3, 0.4) is 0 Å². The molecule has 0 bridgehead atoms. The second-order valence-electron chi connectivity index (χ2n) is 5.25. The van der Waals surface area contributed by atoms with Crippen LogP contribution in [0.25, 0.3) is 0 Å². The molecule has 1 aliphatic heterocycles. The van der Waals surface area contributed by atoms with Crippen LogP contribution in [0.15, 0.2) is 0 Å². The predicted octanol–water partition coefficient (Wildman–Crippen LogP) is 2.15. The second kappa shape index (κ2) is 3.09. The Bertz CT molecular complexity index is 208. The second-order valence-corrected chi connectivity index (χ2v) is 5.25. The summed E-state index contributed by atoms with van der Waals surface area (Å²) in [5.41, 5.74) is 1.55. The van der Waals surface area contributed by atoms with Crippen molar-refractivity contribution in [3.63, 3.8) is 0 Å². The summed E-state index contributed by atoms with van der Waals surface area (Å²) in [6.07, 6.45) is 3.87. The van der Waals surface area contributed by atoms with E-state index in [9.17, 15) is 0 Å². The zero-order valence-corrected chi connectivity index (χ0v) is 8.77. The molecule has 1 spiro atoms. The third-order valence-corrected chi connectivity index (χ3v) is 3.48. The van der Waals surface area contributed by atoms with Gasteiger partial charge in [0, 0.05) is 25.3 Å². The maximum atomic E-state index is 7.35. The number of hydrogen-bond donors (Lipinski definition) is 1. The van der Waals surface area contributed by atoms with Crippen molar-refractivity contribution in [3.05, 3.63) is 0 Å². The van der Waals surface area contributed by atoms with Crippen molar-refractivity contribution in [2.45, 2.75) is 33.1 Å². The summed E-state index contributed by atoms with van der Waals surface area (Å²) >= 11 is 0. The quantitative estimate of drug-likeness (QED) is 0.662. The van der Waals surface area contributed by atoms with Gasteiger partial charge in [-0.1, -0.05) is 6.92 Å². The van der Waals surface area contributed by atoms with E-state index in [0.29, 0.717) is 0 Å². The Morgan fingerprint density at radius 1 is 1.46 bits per heavy atom. The number of nitrogens with zero attached hydrogens (tertiary/aromatic N) is 1. The van der Waals surface area contributed by atoms with Crippen LogP contribution >= 0.6 is 0 Å². The molecule has 1 saturated carbocycles. The molecule has 2 heteroatoms. The van der Waals surface area contributed by atoms with Gasteiger partial charge in [-0.3, -0.25) is 0 Å². The van der Waals surface area contributed by atoms with Gasteiger partial charge in [-0.25, -0.2) is 0 Å². The van der Waals surface area contributed by atoms with Crippen molar-refractivity contribution in [2.75, 3.05) is 19.6 Å². The van der Waals surface area contributed by atoms with Gasteiger partial charge in [0.05, 0.1) is 0 Å². The molecule has 2 rings (SSSR count). The van der Waals surface area contributed by atoms with Crippen LogP contribution in [0.5, 0.6) is 0 Å². The maximum absolute atomic E-state index is 7.35. The van der Waals surface area contributed by atoms with Crippen LogP contribution in [0.4, 0.5) is 0 Å². The summed E-state index contributed by atoms with van der Waals surface area (Å²) in [6.45, 7) is 8.00. The lowest BCUT2D eigenvalue weighted by Crippen LogP contribution is -2.61. The van der Waals surface area contributed by atoms with E-state index in [2.05, 4.69) is 11.8 Å². The van der Waals surface area contributed by atoms with E-state index < -0.39 is 0 Å². The van der Waals surface area contributed by atoms with Gasteiger partial charge in [0.25, 0.3) is 0 Å². The fraction of sp³-hybridized carbons (Fsp3) is 0.909. The average molecular weight is 180 g/mol. The first-order valence-electron chi connectivity index (χ1n) is 5.36. The number of nitrogens with one attached hydrogen (secondary N) is 1. The first kappa shape index (κ1) is 9.20. The Morgan fingerprint density at radius 2 is 2.08 bits per heavy atom. The SMILES string of the molecule is CC(=N)CCN1CC2(CC(C)C2)C1. The monoisotopic (exact) mass is 180 g/mol. The molecule has 1 N–H and O–H groups in total. The number of likely N-dealkylation sites (tertiary alicyclic amines) is 1. The summed E-state index contributed by atoms with van der Waals surface area (Å²) in [5, 5.41) is 7.35. The molecule has 0 atom stereocenters. The molecule has 0 aromatic heterocycles. The summed E-state index contributed by atoms with van der Waals surface area (Å²) in [7, 11) is 0. The highest BCUT2D eigenvalue weighted by molar-refractivity contribution is 5.78. The van der Waals surface area contributed by atoms with Gasteiger partial charge in [-0.2, -0.15) is 0 Å². The minimum absolute atomic E-state index is 0.731. The molecule has 0 radical (unpaired) electrons. The van der Waals surface area contributed by atoms with Crippen LogP contribution in [0, 0.1) is 16.7 Å². The van der Waals surface area contributed by atoms with E-state index in [-0.39, 0.29) is 0 Å². The van der Waals surface area contributed by atoms with Crippen molar-refractivity contribution >= 4 is 5.71 Å². The third kappa shape index (κ3) is 1.78. The summed E-state index contributed by atoms with van der Waals surface area (Å²) in [5.74, 6) is 0.978. The first-order valence-corrected chi connectivity index (χ1v) is 5.36. The molecular formula is C11H20N2. The smallest absolute Gasteiger partial charge is 0.00709 e. The molecule has 0 amide bonds. The lowest BCUT2D eigenvalue weighted by Gasteiger charge is -2.59. The summed E-state index contributed by atoms with van der Waals surface area (Å²) < 4.78 is 0. The molecule has 2 fully saturated rings. The van der Waals surface area contributed by atoms with Gasteiger partial charge in [0.15, 0.2) is 0 Å². The minimum atomic E-state index is 0.731. The molecule has 74 valence electrons. The van der Waals surface area contributed by atoms with E-state index in [4.69, 9.17) is 5.41 Å². The number of rotatable bonds is 3. The first-order chi connectivity index (χ1) is 6.10. The Labute approximate surface area is 80.8 Å². The van der Waals surface area contributed by atoms with Crippen LogP contribution in [-0.2, 0) is 0 Å². The highest BCUT2D eigenvalue weighted by atomic mass is 15.2. The lowest BCUT2D eigenvalue weighted by atomic mass is 9.58. The standard InChI is InChI=1S/C11H20N2/c1-9-5-11(6-9)7-13(8-11)4-3-10(2)12/h9,12H,3-8H2,1-2H3. The van der Waals surface area contributed by atoms with E-state index >= 15 is 0 Å². The fourth-order valence-corrected chi connectivity index (χ4v) is 3.06. The van der Waals surface area contributed by atoms with Crippen LogP contribution < -0.4 is 0 Å². The van der Waals surface area contributed by atoms with Crippen molar-refractivity contribution in [3.8, 4) is 0 Å². The molecule has 0 aromatic rings. The molecular weight excluding hydrogens is 160 g/mol. The molecule has 13 heavy (non-hydrogen) atoms. The van der Waals surface area contributed by atoms with Crippen molar-refractivity contribution in [1.82, 2.24) is 4.90 Å². The predicted molar refractivity (Wildman–Crippen MR) is 55.3 cm³/mol. The number of hydrogen-bond acceptors (Lipinski definition) is 2. The summed E-state index contributed by atoms with van der Waals surface area (Å²) in [4.78, 5) is 2.50.